The first-order valence-electron chi connectivity index (χ1n) is 11.6. The highest BCUT2D eigenvalue weighted by Gasteiger charge is 2.48. The van der Waals surface area contributed by atoms with Crippen molar-refractivity contribution in [2.45, 2.75) is 56.5 Å². The fourth-order valence-corrected chi connectivity index (χ4v) is 5.13. The maximum Gasteiger partial charge on any atom is 0.239 e. The Bertz CT molecular complexity index is 1220. The second kappa shape index (κ2) is 6.92. The highest BCUT2D eigenvalue weighted by molar-refractivity contribution is 6.02. The van der Waals surface area contributed by atoms with E-state index in [9.17, 15) is 4.79 Å². The molecule has 2 N–H and O–H groups in total. The van der Waals surface area contributed by atoms with Gasteiger partial charge in [-0.3, -0.25) is 19.8 Å². The van der Waals surface area contributed by atoms with Gasteiger partial charge in [0, 0.05) is 19.0 Å². The number of hydrogen-bond acceptors (Lipinski definition) is 3. The minimum atomic E-state index is -0.732. The number of likely N-dealkylation sites (N-methyl/N-ethyl adjacent to an activating group) is 1. The second-order valence-electron chi connectivity index (χ2n) is 9.99. The van der Waals surface area contributed by atoms with Gasteiger partial charge in [0.05, 0.1) is 23.2 Å². The zero-order valence-electron chi connectivity index (χ0n) is 18.6. The summed E-state index contributed by atoms with van der Waals surface area (Å²) in [6, 6.07) is 14.9. The van der Waals surface area contributed by atoms with Crippen LogP contribution >= 0.6 is 0 Å². The van der Waals surface area contributed by atoms with E-state index in [4.69, 9.17) is 5.41 Å². The van der Waals surface area contributed by atoms with E-state index in [0.29, 0.717) is 5.92 Å². The molecule has 2 aliphatic carbocycles. The van der Waals surface area contributed by atoms with Crippen molar-refractivity contribution < 1.29 is 4.79 Å². The van der Waals surface area contributed by atoms with Gasteiger partial charge in [0.25, 0.3) is 0 Å². The number of amides is 1. The molecule has 3 fully saturated rings. The Morgan fingerprint density at radius 1 is 1.09 bits per heavy atom. The number of benzene rings is 2. The summed E-state index contributed by atoms with van der Waals surface area (Å²) >= 11 is 0. The molecule has 32 heavy (non-hydrogen) atoms. The van der Waals surface area contributed by atoms with Crippen LogP contribution in [0.25, 0.3) is 10.9 Å². The van der Waals surface area contributed by atoms with Gasteiger partial charge in [-0.15, -0.1) is 0 Å². The van der Waals surface area contributed by atoms with Crippen molar-refractivity contribution in [1.82, 2.24) is 20.0 Å². The minimum absolute atomic E-state index is 0.0537. The number of guanidine groups is 1. The molecule has 0 radical (unpaired) electrons. The molecule has 1 saturated heterocycles. The quantitative estimate of drug-likeness (QED) is 0.637. The molecule has 6 nitrogen and oxygen atoms in total. The molecule has 164 valence electrons. The monoisotopic (exact) mass is 427 g/mol. The number of fused-ring (bicyclic) bond motifs is 1. The molecule has 0 spiro atoms. The molecule has 0 bridgehead atoms. The largest absolute Gasteiger partial charge is 0.346 e. The number of nitrogens with zero attached hydrogens (tertiary/aromatic N) is 3. The summed E-state index contributed by atoms with van der Waals surface area (Å²) in [6.07, 6.45) is 6.99. The van der Waals surface area contributed by atoms with Gasteiger partial charge in [-0.2, -0.15) is 5.10 Å². The van der Waals surface area contributed by atoms with Crippen LogP contribution in [0.4, 0.5) is 0 Å². The third-order valence-corrected chi connectivity index (χ3v) is 7.56. The molecule has 2 aromatic carbocycles. The lowest BCUT2D eigenvalue weighted by molar-refractivity contribution is -0.131. The molecule has 1 aliphatic heterocycles. The van der Waals surface area contributed by atoms with E-state index in [1.54, 1.807) is 7.05 Å². The number of aromatic nitrogens is 2. The van der Waals surface area contributed by atoms with Gasteiger partial charge < -0.3 is 5.32 Å². The smallest absolute Gasteiger partial charge is 0.239 e. The summed E-state index contributed by atoms with van der Waals surface area (Å²) in [4.78, 5) is 14.9. The predicted molar refractivity (Wildman–Crippen MR) is 125 cm³/mol. The van der Waals surface area contributed by atoms with Crippen molar-refractivity contribution in [1.29, 1.82) is 5.41 Å². The lowest BCUT2D eigenvalue weighted by atomic mass is 9.73. The van der Waals surface area contributed by atoms with E-state index in [1.165, 1.54) is 36.1 Å². The molecule has 1 amide bonds. The van der Waals surface area contributed by atoms with Crippen LogP contribution in [-0.2, 0) is 16.9 Å². The molecular formula is C26H29N5O. The fraction of sp³-hybridized carbons (Fsp3) is 0.423. The fourth-order valence-electron chi connectivity index (χ4n) is 5.13. The Balaban J connectivity index is 1.44. The summed E-state index contributed by atoms with van der Waals surface area (Å²) in [5, 5.41) is 17.5. The van der Waals surface area contributed by atoms with E-state index in [1.807, 2.05) is 6.20 Å². The number of carbonyl (C=O) groups excluding carboxylic acids is 1. The van der Waals surface area contributed by atoms with Crippen LogP contribution < -0.4 is 5.32 Å². The molecule has 2 heterocycles. The Hall–Kier alpha value is -3.15. The third-order valence-electron chi connectivity index (χ3n) is 7.56. The standard InChI is InChI=1S/C26H29N5O/c1-26(21-12-11-20-14-28-31(22(20)13-21)15-16-3-4-16)23(24(32)30(2)25(27)29-26)19-9-7-18(8-10-19)17-5-6-17/h7-14,16-17,23H,3-6,15H2,1-2H3,(H2,27,29)/t23-,26+/m0/s1. The van der Waals surface area contributed by atoms with E-state index >= 15 is 0 Å². The van der Waals surface area contributed by atoms with Gasteiger partial charge in [0.15, 0.2) is 5.96 Å². The lowest BCUT2D eigenvalue weighted by Crippen LogP contribution is -2.62. The molecule has 0 unspecified atom stereocenters. The van der Waals surface area contributed by atoms with Crippen molar-refractivity contribution in [3.8, 4) is 0 Å². The topological polar surface area (TPSA) is 74.0 Å². The maximum atomic E-state index is 13.5. The highest BCUT2D eigenvalue weighted by atomic mass is 16.2. The summed E-state index contributed by atoms with van der Waals surface area (Å²) in [5.74, 6) is 1.07. The summed E-state index contributed by atoms with van der Waals surface area (Å²) < 4.78 is 2.10. The number of carbonyl (C=O) groups is 1. The van der Waals surface area contributed by atoms with Gasteiger partial charge >= 0.3 is 0 Å². The van der Waals surface area contributed by atoms with Crippen LogP contribution in [0.1, 0.15) is 61.1 Å². The summed E-state index contributed by atoms with van der Waals surface area (Å²) in [6.45, 7) is 3.00. The first-order chi connectivity index (χ1) is 15.4. The molecule has 2 saturated carbocycles. The third kappa shape index (κ3) is 3.12. The molecule has 1 aromatic heterocycles. The zero-order valence-corrected chi connectivity index (χ0v) is 18.6. The van der Waals surface area contributed by atoms with Crippen LogP contribution in [-0.4, -0.2) is 33.6 Å². The molecule has 6 rings (SSSR count). The SMILES string of the molecule is CN1C(=N)N[C@](C)(c2ccc3cnn(CC4CC4)c3c2)[C@@H](c2ccc(C3CC3)cc2)C1=O. The van der Waals surface area contributed by atoms with Crippen molar-refractivity contribution in [3.05, 3.63) is 65.4 Å². The minimum Gasteiger partial charge on any atom is -0.346 e. The van der Waals surface area contributed by atoms with Gasteiger partial charge in [-0.1, -0.05) is 36.4 Å². The van der Waals surface area contributed by atoms with Crippen LogP contribution in [0.3, 0.4) is 0 Å². The zero-order chi connectivity index (χ0) is 22.0. The molecular weight excluding hydrogens is 398 g/mol. The average molecular weight is 428 g/mol. The van der Waals surface area contributed by atoms with E-state index in [-0.39, 0.29) is 11.9 Å². The van der Waals surface area contributed by atoms with E-state index in [2.05, 4.69) is 64.5 Å². The Kier molecular flexibility index (Phi) is 4.23. The lowest BCUT2D eigenvalue weighted by Gasteiger charge is -2.46. The second-order valence-corrected chi connectivity index (χ2v) is 9.99. The molecule has 3 aromatic rings. The van der Waals surface area contributed by atoms with Crippen LogP contribution in [0, 0.1) is 11.3 Å². The van der Waals surface area contributed by atoms with Crippen LogP contribution in [0.2, 0.25) is 0 Å². The van der Waals surface area contributed by atoms with Gasteiger partial charge in [0.1, 0.15) is 0 Å². The van der Waals surface area contributed by atoms with E-state index < -0.39 is 11.5 Å². The molecule has 3 aliphatic rings. The first kappa shape index (κ1) is 19.5. The van der Waals surface area contributed by atoms with Crippen LogP contribution in [0.15, 0.2) is 48.7 Å². The number of hydrogen-bond donors (Lipinski definition) is 2. The molecule has 2 atom stereocenters. The Morgan fingerprint density at radius 3 is 2.50 bits per heavy atom. The molecule has 6 heteroatoms. The first-order valence-corrected chi connectivity index (χ1v) is 11.6. The van der Waals surface area contributed by atoms with Crippen molar-refractivity contribution in [3.63, 3.8) is 0 Å². The van der Waals surface area contributed by atoms with E-state index in [0.717, 1.165) is 34.5 Å². The predicted octanol–water partition coefficient (Wildman–Crippen LogP) is 4.32. The summed E-state index contributed by atoms with van der Waals surface area (Å²) in [5.41, 5.74) is 3.71. The van der Waals surface area contributed by atoms with Crippen molar-refractivity contribution in [2.24, 2.45) is 5.92 Å². The van der Waals surface area contributed by atoms with Crippen LogP contribution in [0.5, 0.6) is 0 Å². The van der Waals surface area contributed by atoms with Gasteiger partial charge in [-0.25, -0.2) is 0 Å². The summed E-state index contributed by atoms with van der Waals surface area (Å²) in [7, 11) is 1.68. The van der Waals surface area contributed by atoms with Crippen molar-refractivity contribution in [2.75, 3.05) is 7.05 Å². The maximum absolute atomic E-state index is 13.5. The Morgan fingerprint density at radius 2 is 1.81 bits per heavy atom. The normalized spacial score (nSPS) is 25.9. The van der Waals surface area contributed by atoms with Gasteiger partial charge in [-0.05, 0) is 67.2 Å². The Labute approximate surface area is 188 Å². The van der Waals surface area contributed by atoms with Crippen molar-refractivity contribution >= 4 is 22.8 Å². The van der Waals surface area contributed by atoms with Gasteiger partial charge in [0.2, 0.25) is 5.91 Å². The highest BCUT2D eigenvalue weighted by Crippen LogP contribution is 2.44. The average Bonchev–Trinajstić information content (AvgIpc) is 3.71. The number of nitrogens with one attached hydrogen (secondary N) is 2. The number of rotatable bonds is 5.